The van der Waals surface area contributed by atoms with Gasteiger partial charge in [-0.05, 0) is 43.9 Å². The van der Waals surface area contributed by atoms with Crippen molar-refractivity contribution in [2.75, 3.05) is 20.2 Å². The maximum absolute atomic E-state index is 12.9. The molecule has 0 atom stereocenters. The number of ether oxygens (including phenoxy) is 1. The summed E-state index contributed by atoms with van der Waals surface area (Å²) in [6.45, 7) is 1.24. The molecule has 2 aromatic rings. The molecule has 0 N–H and O–H groups in total. The van der Waals surface area contributed by atoms with Crippen LogP contribution in [-0.2, 0) is 7.05 Å². The zero-order chi connectivity index (χ0) is 19.1. The van der Waals surface area contributed by atoms with E-state index in [2.05, 4.69) is 5.10 Å². The number of piperidine rings is 1. The van der Waals surface area contributed by atoms with Crippen LogP contribution >= 0.6 is 11.6 Å². The van der Waals surface area contributed by atoms with Crippen molar-refractivity contribution in [2.45, 2.75) is 37.6 Å². The summed E-state index contributed by atoms with van der Waals surface area (Å²) < 4.78 is 8.61. The molecule has 1 aromatic carbocycles. The quantitative estimate of drug-likeness (QED) is 0.804. The van der Waals surface area contributed by atoms with Crippen molar-refractivity contribution in [1.29, 1.82) is 0 Å². The zero-order valence-corrected chi connectivity index (χ0v) is 16.3. The monoisotopic (exact) mass is 390 g/mol. The largest absolute Gasteiger partial charge is 0.496 e. The first-order chi connectivity index (χ1) is 13.0. The maximum Gasteiger partial charge on any atom is 0.345 e. The van der Waals surface area contributed by atoms with E-state index in [1.165, 1.54) is 4.68 Å². The number of aryl methyl sites for hydroxylation is 1. The van der Waals surface area contributed by atoms with E-state index in [0.717, 1.165) is 31.5 Å². The number of nitrogens with zero attached hydrogens (tertiary/aromatic N) is 4. The van der Waals surface area contributed by atoms with Gasteiger partial charge in [0.05, 0.1) is 12.7 Å². The van der Waals surface area contributed by atoms with Crippen LogP contribution < -0.4 is 10.4 Å². The van der Waals surface area contributed by atoms with E-state index in [9.17, 15) is 9.59 Å². The van der Waals surface area contributed by atoms with Gasteiger partial charge < -0.3 is 9.64 Å². The highest BCUT2D eigenvalue weighted by Crippen LogP contribution is 2.37. The van der Waals surface area contributed by atoms with Crippen LogP contribution in [0.1, 0.15) is 53.8 Å². The van der Waals surface area contributed by atoms with Crippen LogP contribution in [0.4, 0.5) is 0 Å². The minimum absolute atomic E-state index is 0.0327. The van der Waals surface area contributed by atoms with Gasteiger partial charge in [0.15, 0.2) is 0 Å². The Morgan fingerprint density at radius 3 is 2.56 bits per heavy atom. The normalized spacial score (nSPS) is 18.0. The molecule has 1 amide bonds. The third-order valence-electron chi connectivity index (χ3n) is 5.43. The third-order valence-corrected chi connectivity index (χ3v) is 5.67. The predicted molar refractivity (Wildman–Crippen MR) is 102 cm³/mol. The van der Waals surface area contributed by atoms with Crippen LogP contribution in [0.25, 0.3) is 0 Å². The van der Waals surface area contributed by atoms with Gasteiger partial charge in [0.2, 0.25) is 0 Å². The highest BCUT2D eigenvalue weighted by Gasteiger charge is 2.34. The van der Waals surface area contributed by atoms with Gasteiger partial charge in [0, 0.05) is 37.1 Å². The second-order valence-corrected chi connectivity index (χ2v) is 7.71. The van der Waals surface area contributed by atoms with Gasteiger partial charge in [-0.2, -0.15) is 5.10 Å². The van der Waals surface area contributed by atoms with Crippen LogP contribution in [0.15, 0.2) is 23.0 Å². The van der Waals surface area contributed by atoms with Gasteiger partial charge in [0.25, 0.3) is 5.91 Å². The number of hydrogen-bond acceptors (Lipinski definition) is 4. The van der Waals surface area contributed by atoms with E-state index >= 15 is 0 Å². The fourth-order valence-corrected chi connectivity index (χ4v) is 3.98. The maximum atomic E-state index is 12.9. The summed E-state index contributed by atoms with van der Waals surface area (Å²) in [7, 11) is 3.25. The standard InChI is InChI=1S/C19H23ClN4O3/c1-22-19(26)24(14-4-5-14)17(21-22)12-7-9-23(10-8-12)18(25)15-11-13(20)3-6-16(15)27-2/h3,6,11-12,14H,4-5,7-10H2,1-2H3. The first-order valence-electron chi connectivity index (χ1n) is 9.28. The summed E-state index contributed by atoms with van der Waals surface area (Å²) in [5.74, 6) is 1.52. The molecule has 2 heterocycles. The van der Waals surface area contributed by atoms with Gasteiger partial charge in [-0.25, -0.2) is 9.48 Å². The second-order valence-electron chi connectivity index (χ2n) is 7.28. The first-order valence-corrected chi connectivity index (χ1v) is 9.65. The van der Waals surface area contributed by atoms with Gasteiger partial charge >= 0.3 is 5.69 Å². The molecule has 1 aromatic heterocycles. The summed E-state index contributed by atoms with van der Waals surface area (Å²) >= 11 is 6.06. The zero-order valence-electron chi connectivity index (χ0n) is 15.5. The number of aromatic nitrogens is 3. The molecule has 0 bridgehead atoms. The predicted octanol–water partition coefficient (Wildman–Crippen LogP) is 2.60. The number of hydrogen-bond donors (Lipinski definition) is 0. The highest BCUT2D eigenvalue weighted by atomic mass is 35.5. The lowest BCUT2D eigenvalue weighted by Gasteiger charge is -2.32. The summed E-state index contributed by atoms with van der Waals surface area (Å²) in [6, 6.07) is 5.38. The molecule has 4 rings (SSSR count). The average molecular weight is 391 g/mol. The summed E-state index contributed by atoms with van der Waals surface area (Å²) in [4.78, 5) is 27.1. The number of methoxy groups -OCH3 is 1. The lowest BCUT2D eigenvalue weighted by Crippen LogP contribution is -2.38. The van der Waals surface area contributed by atoms with E-state index in [0.29, 0.717) is 35.5 Å². The van der Waals surface area contributed by atoms with Gasteiger partial charge in [-0.1, -0.05) is 11.6 Å². The molecule has 1 saturated heterocycles. The molecule has 2 fully saturated rings. The van der Waals surface area contributed by atoms with Crippen LogP contribution in [0.2, 0.25) is 5.02 Å². The molecule has 1 aliphatic carbocycles. The van der Waals surface area contributed by atoms with Crippen LogP contribution in [0.3, 0.4) is 0 Å². The molecule has 144 valence electrons. The smallest absolute Gasteiger partial charge is 0.345 e. The van der Waals surface area contributed by atoms with Gasteiger partial charge in [0.1, 0.15) is 11.6 Å². The molecule has 2 aliphatic rings. The SMILES string of the molecule is COc1ccc(Cl)cc1C(=O)N1CCC(c2nn(C)c(=O)n2C2CC2)CC1. The molecular weight excluding hydrogens is 368 g/mol. The molecule has 0 unspecified atom stereocenters. The van der Waals surface area contributed by atoms with Gasteiger partial charge in [-0.3, -0.25) is 9.36 Å². The summed E-state index contributed by atoms with van der Waals surface area (Å²) in [5, 5.41) is 5.00. The number of halogens is 1. The Morgan fingerprint density at radius 2 is 1.93 bits per heavy atom. The minimum Gasteiger partial charge on any atom is -0.496 e. The topological polar surface area (TPSA) is 69.4 Å². The van der Waals surface area contributed by atoms with Crippen LogP contribution in [0, 0.1) is 0 Å². The Morgan fingerprint density at radius 1 is 1.22 bits per heavy atom. The molecule has 27 heavy (non-hydrogen) atoms. The second kappa shape index (κ2) is 7.03. The Bertz CT molecular complexity index is 924. The van der Waals surface area contributed by atoms with Crippen molar-refractivity contribution in [3.05, 3.63) is 45.1 Å². The number of likely N-dealkylation sites (tertiary alicyclic amines) is 1. The molecule has 1 saturated carbocycles. The molecule has 0 spiro atoms. The van der Waals surface area contributed by atoms with Gasteiger partial charge in [-0.15, -0.1) is 0 Å². The number of rotatable bonds is 4. The van der Waals surface area contributed by atoms with Crippen molar-refractivity contribution in [3.8, 4) is 5.75 Å². The van der Waals surface area contributed by atoms with Crippen molar-refractivity contribution in [3.63, 3.8) is 0 Å². The Balaban J connectivity index is 1.50. The number of amides is 1. The number of benzene rings is 1. The van der Waals surface area contributed by atoms with E-state index in [-0.39, 0.29) is 17.5 Å². The van der Waals surface area contributed by atoms with E-state index in [4.69, 9.17) is 16.3 Å². The van der Waals surface area contributed by atoms with Crippen molar-refractivity contribution >= 4 is 17.5 Å². The highest BCUT2D eigenvalue weighted by molar-refractivity contribution is 6.31. The Hall–Kier alpha value is -2.28. The third kappa shape index (κ3) is 3.36. The molecule has 8 heteroatoms. The van der Waals surface area contributed by atoms with Crippen molar-refractivity contribution in [1.82, 2.24) is 19.2 Å². The van der Waals surface area contributed by atoms with Crippen molar-refractivity contribution < 1.29 is 9.53 Å². The molecule has 7 nitrogen and oxygen atoms in total. The van der Waals surface area contributed by atoms with Crippen LogP contribution in [-0.4, -0.2) is 45.4 Å². The molecular formula is C19H23ClN4O3. The minimum atomic E-state index is -0.0756. The summed E-state index contributed by atoms with van der Waals surface area (Å²) in [6.07, 6.45) is 3.67. The van der Waals surface area contributed by atoms with Crippen LogP contribution in [0.5, 0.6) is 5.75 Å². The van der Waals surface area contributed by atoms with E-state index in [1.807, 2.05) is 9.47 Å². The van der Waals surface area contributed by atoms with Crippen molar-refractivity contribution in [2.24, 2.45) is 7.05 Å². The Kier molecular flexibility index (Phi) is 4.72. The molecule has 1 aliphatic heterocycles. The van der Waals surface area contributed by atoms with E-state index < -0.39 is 0 Å². The number of carbonyl (C=O) groups is 1. The number of carbonyl (C=O) groups excluding carboxylic acids is 1. The lowest BCUT2D eigenvalue weighted by molar-refractivity contribution is 0.0706. The fraction of sp³-hybridized carbons (Fsp3) is 0.526. The van der Waals surface area contributed by atoms with E-state index in [1.54, 1.807) is 32.4 Å². The average Bonchev–Trinajstić information content (AvgIpc) is 3.47. The Labute approximate surface area is 162 Å². The molecule has 0 radical (unpaired) electrons. The fourth-order valence-electron chi connectivity index (χ4n) is 3.81. The lowest BCUT2D eigenvalue weighted by atomic mass is 9.95. The summed E-state index contributed by atoms with van der Waals surface area (Å²) in [5.41, 5.74) is 0.450. The first kappa shape index (κ1) is 18.1.